The summed E-state index contributed by atoms with van der Waals surface area (Å²) in [5.41, 5.74) is 2.67. The summed E-state index contributed by atoms with van der Waals surface area (Å²) in [5.74, 6) is 0. The maximum atomic E-state index is 3.86. The van der Waals surface area contributed by atoms with Crippen molar-refractivity contribution in [2.45, 2.75) is 19.8 Å². The van der Waals surface area contributed by atoms with Crippen molar-refractivity contribution in [2.75, 3.05) is 0 Å². The fourth-order valence-electron chi connectivity index (χ4n) is 2.06. The number of hydrogen-bond donors (Lipinski definition) is 0. The molecule has 0 aliphatic rings. The molecule has 0 bridgehead atoms. The van der Waals surface area contributed by atoms with Crippen LogP contribution in [0.1, 0.15) is 24.5 Å². The second-order valence-corrected chi connectivity index (χ2v) is 3.81. The lowest BCUT2D eigenvalue weighted by molar-refractivity contribution is 0.929. The van der Waals surface area contributed by atoms with Gasteiger partial charge in [0.15, 0.2) is 0 Å². The lowest BCUT2D eigenvalue weighted by atomic mass is 9.98. The van der Waals surface area contributed by atoms with E-state index in [1.54, 1.807) is 0 Å². The highest BCUT2D eigenvalue weighted by Gasteiger charge is 2.01. The predicted octanol–water partition coefficient (Wildman–Crippen LogP) is 4.44. The third-order valence-corrected chi connectivity index (χ3v) is 2.79. The molecule has 0 amide bonds. The van der Waals surface area contributed by atoms with Crippen LogP contribution in [0, 0.1) is 0 Å². The maximum Gasteiger partial charge on any atom is -0.0109 e. The molecule has 2 aromatic rings. The molecule has 0 nitrogen and oxygen atoms in total. The second-order valence-electron chi connectivity index (χ2n) is 3.81. The summed E-state index contributed by atoms with van der Waals surface area (Å²) >= 11 is 0. The molecule has 2 aromatic carbocycles. The molecule has 0 aromatic heterocycles. The monoisotopic (exact) mass is 196 g/mol. The van der Waals surface area contributed by atoms with Crippen molar-refractivity contribution in [2.24, 2.45) is 0 Å². The van der Waals surface area contributed by atoms with E-state index < -0.39 is 0 Å². The third kappa shape index (κ3) is 1.80. The summed E-state index contributed by atoms with van der Waals surface area (Å²) in [7, 11) is 0. The van der Waals surface area contributed by atoms with E-state index in [9.17, 15) is 0 Å². The van der Waals surface area contributed by atoms with Crippen molar-refractivity contribution in [3.63, 3.8) is 0 Å². The summed E-state index contributed by atoms with van der Waals surface area (Å²) in [5, 5.41) is 2.69. The lowest BCUT2D eigenvalue weighted by Gasteiger charge is -2.07. The van der Waals surface area contributed by atoms with E-state index in [4.69, 9.17) is 0 Å². The van der Waals surface area contributed by atoms with Crippen molar-refractivity contribution in [3.05, 3.63) is 54.1 Å². The average molecular weight is 196 g/mol. The summed E-state index contributed by atoms with van der Waals surface area (Å²) in [6.07, 6.45) is 4.27. The Morgan fingerprint density at radius 3 is 2.53 bits per heavy atom. The quantitative estimate of drug-likeness (QED) is 0.681. The third-order valence-electron chi connectivity index (χ3n) is 2.79. The normalized spacial score (nSPS) is 10.5. The largest absolute Gasteiger partial charge is 0.0984 e. The van der Waals surface area contributed by atoms with Gasteiger partial charge in [-0.05, 0) is 28.3 Å². The van der Waals surface area contributed by atoms with Crippen molar-refractivity contribution in [3.8, 4) is 0 Å². The van der Waals surface area contributed by atoms with Crippen LogP contribution in [0.25, 0.3) is 16.8 Å². The van der Waals surface area contributed by atoms with Crippen LogP contribution in [0.15, 0.2) is 43.0 Å². The van der Waals surface area contributed by atoms with Crippen molar-refractivity contribution >= 4 is 16.8 Å². The Hall–Kier alpha value is -1.56. The van der Waals surface area contributed by atoms with Gasteiger partial charge in [-0.25, -0.2) is 0 Å². The molecule has 0 unspecified atom stereocenters. The predicted molar refractivity (Wildman–Crippen MR) is 68.0 cm³/mol. The Bertz CT molecular complexity index is 480. The molecular formula is C15H16. The Balaban J connectivity index is 2.70. The van der Waals surface area contributed by atoms with Crippen LogP contribution in [0.2, 0.25) is 0 Å². The minimum atomic E-state index is 1.15. The minimum absolute atomic E-state index is 1.15. The van der Waals surface area contributed by atoms with Gasteiger partial charge < -0.3 is 0 Å². The molecule has 0 aliphatic carbocycles. The Morgan fingerprint density at radius 2 is 1.80 bits per heavy atom. The fourth-order valence-corrected chi connectivity index (χ4v) is 2.06. The highest BCUT2D eigenvalue weighted by atomic mass is 14.1. The molecule has 76 valence electrons. The second kappa shape index (κ2) is 4.31. The van der Waals surface area contributed by atoms with Crippen LogP contribution in [0.5, 0.6) is 0 Å². The van der Waals surface area contributed by atoms with E-state index >= 15 is 0 Å². The van der Waals surface area contributed by atoms with Crippen molar-refractivity contribution in [1.82, 2.24) is 0 Å². The highest BCUT2D eigenvalue weighted by molar-refractivity contribution is 5.92. The molecule has 15 heavy (non-hydrogen) atoms. The molecule has 0 spiro atoms. The number of rotatable bonds is 3. The minimum Gasteiger partial charge on any atom is -0.0984 e. The van der Waals surface area contributed by atoms with E-state index in [1.807, 2.05) is 6.08 Å². The summed E-state index contributed by atoms with van der Waals surface area (Å²) in [6.45, 7) is 6.08. The van der Waals surface area contributed by atoms with E-state index in [0.717, 1.165) is 6.42 Å². The van der Waals surface area contributed by atoms with E-state index in [1.165, 1.54) is 28.3 Å². The zero-order valence-corrected chi connectivity index (χ0v) is 9.16. The Labute approximate surface area is 91.2 Å². The topological polar surface area (TPSA) is 0 Å². The van der Waals surface area contributed by atoms with Crippen LogP contribution in [-0.2, 0) is 6.42 Å². The van der Waals surface area contributed by atoms with Gasteiger partial charge in [0.05, 0.1) is 0 Å². The maximum absolute atomic E-state index is 3.86. The zero-order chi connectivity index (χ0) is 10.7. The van der Waals surface area contributed by atoms with E-state index in [-0.39, 0.29) is 0 Å². The molecule has 0 N–H and O–H groups in total. The molecule has 0 saturated heterocycles. The van der Waals surface area contributed by atoms with Gasteiger partial charge in [-0.15, -0.1) is 0 Å². The molecule has 0 atom stereocenters. The first kappa shape index (κ1) is 9.97. The number of aryl methyl sites for hydroxylation is 1. The average Bonchev–Trinajstić information content (AvgIpc) is 2.29. The first-order chi connectivity index (χ1) is 7.36. The Kier molecular flexibility index (Phi) is 2.86. The van der Waals surface area contributed by atoms with Crippen LogP contribution in [0.4, 0.5) is 0 Å². The smallest absolute Gasteiger partial charge is 0.0109 e. The van der Waals surface area contributed by atoms with Crippen LogP contribution in [0.3, 0.4) is 0 Å². The summed E-state index contributed by atoms with van der Waals surface area (Å²) in [6, 6.07) is 13.0. The van der Waals surface area contributed by atoms with Gasteiger partial charge in [-0.1, -0.05) is 62.4 Å². The first-order valence-corrected chi connectivity index (χ1v) is 5.50. The molecule has 0 heterocycles. The van der Waals surface area contributed by atoms with Gasteiger partial charge in [0.2, 0.25) is 0 Å². The van der Waals surface area contributed by atoms with E-state index in [0.29, 0.717) is 0 Å². The first-order valence-electron chi connectivity index (χ1n) is 5.50. The molecule has 2 rings (SSSR count). The van der Waals surface area contributed by atoms with Crippen molar-refractivity contribution in [1.29, 1.82) is 0 Å². The number of benzene rings is 2. The van der Waals surface area contributed by atoms with Gasteiger partial charge in [0, 0.05) is 0 Å². The molecule has 0 aliphatic heterocycles. The van der Waals surface area contributed by atoms with Gasteiger partial charge in [-0.2, -0.15) is 0 Å². The summed E-state index contributed by atoms with van der Waals surface area (Å²) < 4.78 is 0. The van der Waals surface area contributed by atoms with Gasteiger partial charge in [-0.3, -0.25) is 0 Å². The number of hydrogen-bond acceptors (Lipinski definition) is 0. The van der Waals surface area contributed by atoms with Gasteiger partial charge in [0.25, 0.3) is 0 Å². The van der Waals surface area contributed by atoms with Gasteiger partial charge >= 0.3 is 0 Å². The number of fused-ring (bicyclic) bond motifs is 1. The fraction of sp³-hybridized carbons (Fsp3) is 0.200. The lowest BCUT2D eigenvalue weighted by Crippen LogP contribution is -1.87. The van der Waals surface area contributed by atoms with Gasteiger partial charge in [0.1, 0.15) is 0 Å². The molecule has 0 saturated carbocycles. The van der Waals surface area contributed by atoms with E-state index in [2.05, 4.69) is 49.9 Å². The highest BCUT2D eigenvalue weighted by Crippen LogP contribution is 2.23. The molecule has 0 radical (unpaired) electrons. The van der Waals surface area contributed by atoms with Crippen LogP contribution >= 0.6 is 0 Å². The van der Waals surface area contributed by atoms with Crippen LogP contribution in [-0.4, -0.2) is 0 Å². The molecule has 0 fully saturated rings. The van der Waals surface area contributed by atoms with Crippen molar-refractivity contribution < 1.29 is 0 Å². The Morgan fingerprint density at radius 1 is 1.07 bits per heavy atom. The SMILES string of the molecule is C=Cc1cccc2c(CCC)cccc12. The standard InChI is InChI=1S/C15H16/c1-3-7-13-9-6-10-14-12(4-2)8-5-11-15(13)14/h4-6,8-11H,2-3,7H2,1H3. The molecular weight excluding hydrogens is 180 g/mol. The van der Waals surface area contributed by atoms with Crippen LogP contribution < -0.4 is 0 Å². The summed E-state index contributed by atoms with van der Waals surface area (Å²) in [4.78, 5) is 0. The molecule has 0 heteroatoms. The zero-order valence-electron chi connectivity index (χ0n) is 9.16.